The van der Waals surface area contributed by atoms with Gasteiger partial charge >= 0.3 is 0 Å². The van der Waals surface area contributed by atoms with Gasteiger partial charge in [-0.1, -0.05) is 19.0 Å². The van der Waals surface area contributed by atoms with Gasteiger partial charge < -0.3 is 15.6 Å². The van der Waals surface area contributed by atoms with Gasteiger partial charge in [0.25, 0.3) is 0 Å². The van der Waals surface area contributed by atoms with Gasteiger partial charge in [-0.15, -0.1) is 0 Å². The molecule has 1 aromatic rings. The maximum Gasteiger partial charge on any atom is 0.237 e. The van der Waals surface area contributed by atoms with E-state index in [4.69, 9.17) is 10.3 Å². The van der Waals surface area contributed by atoms with E-state index < -0.39 is 6.04 Å². The summed E-state index contributed by atoms with van der Waals surface area (Å²) in [6.07, 6.45) is 0.549. The topological polar surface area (TPSA) is 94.0 Å². The lowest BCUT2D eigenvalue weighted by Crippen LogP contribution is -2.44. The van der Waals surface area contributed by atoms with E-state index >= 15 is 0 Å². The third-order valence-electron chi connectivity index (χ3n) is 2.24. The molecular formula is C10H18N4O2. The molecule has 1 amide bonds. The molecule has 0 saturated carbocycles. The molecule has 3 N–H and O–H groups in total. The molecule has 0 unspecified atom stereocenters. The van der Waals surface area contributed by atoms with Gasteiger partial charge in [0.05, 0.1) is 6.04 Å². The Balaban J connectivity index is 2.28. The predicted molar refractivity (Wildman–Crippen MR) is 58.6 cm³/mol. The number of nitrogens with two attached hydrogens (primary N) is 1. The number of amides is 1. The van der Waals surface area contributed by atoms with E-state index in [-0.39, 0.29) is 11.8 Å². The van der Waals surface area contributed by atoms with Gasteiger partial charge in [-0.05, 0) is 5.92 Å². The Morgan fingerprint density at radius 1 is 1.56 bits per heavy atom. The third-order valence-corrected chi connectivity index (χ3v) is 2.24. The highest BCUT2D eigenvalue weighted by Crippen LogP contribution is 1.98. The Bertz CT molecular complexity index is 348. The molecule has 0 radical (unpaired) electrons. The van der Waals surface area contributed by atoms with Crippen molar-refractivity contribution in [3.05, 3.63) is 11.7 Å². The van der Waals surface area contributed by atoms with Crippen LogP contribution in [0.4, 0.5) is 0 Å². The number of carbonyl (C=O) groups is 1. The SMILES string of the molecule is Cc1nc(CCNC(=O)[C@@H](N)C(C)C)no1. The predicted octanol–water partition coefficient (Wildman–Crippen LogP) is 0.0200. The van der Waals surface area contributed by atoms with Crippen LogP contribution < -0.4 is 11.1 Å². The molecule has 0 aliphatic rings. The average molecular weight is 226 g/mol. The second-order valence-corrected chi connectivity index (χ2v) is 4.04. The first-order valence-corrected chi connectivity index (χ1v) is 5.33. The zero-order valence-corrected chi connectivity index (χ0v) is 9.86. The largest absolute Gasteiger partial charge is 0.354 e. The van der Waals surface area contributed by atoms with Gasteiger partial charge in [-0.2, -0.15) is 4.98 Å². The summed E-state index contributed by atoms with van der Waals surface area (Å²) in [6.45, 7) is 6.02. The zero-order valence-electron chi connectivity index (χ0n) is 9.86. The van der Waals surface area contributed by atoms with Gasteiger partial charge in [0.2, 0.25) is 11.8 Å². The number of rotatable bonds is 5. The Hall–Kier alpha value is -1.43. The number of aryl methyl sites for hydroxylation is 1. The lowest BCUT2D eigenvalue weighted by molar-refractivity contribution is -0.123. The van der Waals surface area contributed by atoms with Crippen LogP contribution in [0.25, 0.3) is 0 Å². The Morgan fingerprint density at radius 2 is 2.25 bits per heavy atom. The summed E-state index contributed by atoms with van der Waals surface area (Å²) >= 11 is 0. The summed E-state index contributed by atoms with van der Waals surface area (Å²) in [5.41, 5.74) is 5.68. The van der Waals surface area contributed by atoms with Gasteiger partial charge in [0.1, 0.15) is 0 Å². The van der Waals surface area contributed by atoms with Gasteiger partial charge in [-0.25, -0.2) is 0 Å². The van der Waals surface area contributed by atoms with E-state index in [1.807, 2.05) is 13.8 Å². The van der Waals surface area contributed by atoms with E-state index in [1.54, 1.807) is 6.92 Å². The summed E-state index contributed by atoms with van der Waals surface area (Å²) < 4.78 is 4.81. The van der Waals surface area contributed by atoms with Crippen molar-refractivity contribution in [1.29, 1.82) is 0 Å². The summed E-state index contributed by atoms with van der Waals surface area (Å²) in [7, 11) is 0. The molecular weight excluding hydrogens is 208 g/mol. The lowest BCUT2D eigenvalue weighted by atomic mass is 10.1. The Kier molecular flexibility index (Phi) is 4.42. The molecule has 0 aromatic carbocycles. The fourth-order valence-corrected chi connectivity index (χ4v) is 1.16. The lowest BCUT2D eigenvalue weighted by Gasteiger charge is -2.14. The standard InChI is InChI=1S/C10H18N4O2/c1-6(2)9(11)10(15)12-5-4-8-13-7(3)16-14-8/h6,9H,4-5,11H2,1-3H3,(H,12,15)/t9-/m0/s1. The molecule has 1 heterocycles. The van der Waals surface area contributed by atoms with Crippen molar-refractivity contribution in [3.8, 4) is 0 Å². The molecule has 6 heteroatoms. The molecule has 1 atom stereocenters. The van der Waals surface area contributed by atoms with Crippen LogP contribution >= 0.6 is 0 Å². The van der Waals surface area contributed by atoms with Crippen molar-refractivity contribution in [2.45, 2.75) is 33.2 Å². The van der Waals surface area contributed by atoms with Crippen molar-refractivity contribution < 1.29 is 9.32 Å². The third kappa shape index (κ3) is 3.62. The molecule has 90 valence electrons. The van der Waals surface area contributed by atoms with E-state index in [1.165, 1.54) is 0 Å². The number of nitrogens with one attached hydrogen (secondary N) is 1. The average Bonchev–Trinajstić information content (AvgIpc) is 2.62. The quantitative estimate of drug-likeness (QED) is 0.738. The first-order valence-electron chi connectivity index (χ1n) is 5.33. The fourth-order valence-electron chi connectivity index (χ4n) is 1.16. The van der Waals surface area contributed by atoms with E-state index in [0.29, 0.717) is 24.7 Å². The highest BCUT2D eigenvalue weighted by atomic mass is 16.5. The highest BCUT2D eigenvalue weighted by molar-refractivity contribution is 5.81. The van der Waals surface area contributed by atoms with Crippen LogP contribution in [0.15, 0.2) is 4.52 Å². The van der Waals surface area contributed by atoms with E-state index in [0.717, 1.165) is 0 Å². The van der Waals surface area contributed by atoms with Crippen LogP contribution in [0.5, 0.6) is 0 Å². The minimum atomic E-state index is -0.466. The van der Waals surface area contributed by atoms with Crippen LogP contribution in [0.2, 0.25) is 0 Å². The summed E-state index contributed by atoms with van der Waals surface area (Å²) in [5.74, 6) is 1.11. The summed E-state index contributed by atoms with van der Waals surface area (Å²) in [6, 6.07) is -0.466. The number of carbonyl (C=O) groups excluding carboxylic acids is 1. The molecule has 0 fully saturated rings. The van der Waals surface area contributed by atoms with Crippen molar-refractivity contribution in [3.63, 3.8) is 0 Å². The molecule has 0 aliphatic heterocycles. The van der Waals surface area contributed by atoms with Crippen molar-refractivity contribution >= 4 is 5.91 Å². The van der Waals surface area contributed by atoms with Crippen molar-refractivity contribution in [2.24, 2.45) is 11.7 Å². The smallest absolute Gasteiger partial charge is 0.237 e. The molecule has 6 nitrogen and oxygen atoms in total. The first-order chi connectivity index (χ1) is 7.50. The van der Waals surface area contributed by atoms with Crippen molar-refractivity contribution in [2.75, 3.05) is 6.54 Å². The summed E-state index contributed by atoms with van der Waals surface area (Å²) in [4.78, 5) is 15.5. The molecule has 1 rings (SSSR count). The molecule has 16 heavy (non-hydrogen) atoms. The summed E-state index contributed by atoms with van der Waals surface area (Å²) in [5, 5.41) is 6.46. The monoisotopic (exact) mass is 226 g/mol. The first kappa shape index (κ1) is 12.6. The maximum atomic E-state index is 11.5. The van der Waals surface area contributed by atoms with Gasteiger partial charge in [0.15, 0.2) is 5.82 Å². The minimum absolute atomic E-state index is 0.132. The van der Waals surface area contributed by atoms with E-state index in [2.05, 4.69) is 15.5 Å². The second kappa shape index (κ2) is 5.60. The normalized spacial score (nSPS) is 12.8. The number of aromatic nitrogens is 2. The maximum absolute atomic E-state index is 11.5. The molecule has 0 aliphatic carbocycles. The molecule has 0 spiro atoms. The zero-order chi connectivity index (χ0) is 12.1. The van der Waals surface area contributed by atoms with Gasteiger partial charge in [-0.3, -0.25) is 4.79 Å². The minimum Gasteiger partial charge on any atom is -0.354 e. The fraction of sp³-hybridized carbons (Fsp3) is 0.700. The second-order valence-electron chi connectivity index (χ2n) is 4.04. The van der Waals surface area contributed by atoms with Crippen LogP contribution in [0.1, 0.15) is 25.6 Å². The highest BCUT2D eigenvalue weighted by Gasteiger charge is 2.16. The number of nitrogens with zero attached hydrogens (tertiary/aromatic N) is 2. The van der Waals surface area contributed by atoms with Crippen LogP contribution in [0.3, 0.4) is 0 Å². The van der Waals surface area contributed by atoms with Crippen LogP contribution in [-0.2, 0) is 11.2 Å². The molecule has 0 bridgehead atoms. The van der Waals surface area contributed by atoms with Gasteiger partial charge in [0, 0.05) is 19.9 Å². The number of hydrogen-bond acceptors (Lipinski definition) is 5. The number of hydrogen-bond donors (Lipinski definition) is 2. The Labute approximate surface area is 94.6 Å². The molecule has 0 saturated heterocycles. The van der Waals surface area contributed by atoms with E-state index in [9.17, 15) is 4.79 Å². The van der Waals surface area contributed by atoms with Crippen LogP contribution in [-0.4, -0.2) is 28.6 Å². The Morgan fingerprint density at radius 3 is 2.75 bits per heavy atom. The molecule has 1 aromatic heterocycles. The van der Waals surface area contributed by atoms with Crippen molar-refractivity contribution in [1.82, 2.24) is 15.5 Å². The van der Waals surface area contributed by atoms with Crippen LogP contribution in [0, 0.1) is 12.8 Å².